The van der Waals surface area contributed by atoms with E-state index in [2.05, 4.69) is 24.5 Å². The lowest BCUT2D eigenvalue weighted by atomic mass is 10.1. The zero-order valence-electron chi connectivity index (χ0n) is 17.1. The van der Waals surface area contributed by atoms with E-state index in [0.29, 0.717) is 34.5 Å². The highest BCUT2D eigenvalue weighted by molar-refractivity contribution is 6.33. The second kappa shape index (κ2) is 10.1. The van der Waals surface area contributed by atoms with Crippen molar-refractivity contribution in [3.8, 4) is 5.75 Å². The van der Waals surface area contributed by atoms with Gasteiger partial charge in [-0.1, -0.05) is 55.8 Å². The molecule has 0 atom stereocenters. The topological polar surface area (TPSA) is 67.4 Å². The van der Waals surface area contributed by atoms with E-state index in [1.807, 2.05) is 42.5 Å². The van der Waals surface area contributed by atoms with Crippen LogP contribution in [0, 0.1) is 5.92 Å². The second-order valence-electron chi connectivity index (χ2n) is 7.48. The minimum atomic E-state index is -0.359. The van der Waals surface area contributed by atoms with Gasteiger partial charge in [0.2, 0.25) is 0 Å². The van der Waals surface area contributed by atoms with E-state index in [0.717, 1.165) is 17.2 Å². The van der Waals surface area contributed by atoms with Crippen molar-refractivity contribution in [3.63, 3.8) is 0 Å². The maximum atomic E-state index is 12.3. The molecule has 3 aromatic carbocycles. The third-order valence-corrected chi connectivity index (χ3v) is 4.93. The third kappa shape index (κ3) is 5.97. The van der Waals surface area contributed by atoms with Gasteiger partial charge >= 0.3 is 0 Å². The molecule has 0 unspecified atom stereocenters. The summed E-state index contributed by atoms with van der Waals surface area (Å²) in [5, 5.41) is 8.08. The summed E-state index contributed by atoms with van der Waals surface area (Å²) in [6, 6.07) is 18.4. The van der Waals surface area contributed by atoms with Crippen LogP contribution in [0.2, 0.25) is 5.02 Å². The summed E-state index contributed by atoms with van der Waals surface area (Å²) in [5.41, 5.74) is 0.814. The number of benzene rings is 3. The summed E-state index contributed by atoms with van der Waals surface area (Å²) in [6.07, 6.45) is 0.898. The van der Waals surface area contributed by atoms with Gasteiger partial charge in [-0.15, -0.1) is 0 Å². The molecule has 0 aliphatic rings. The number of anilines is 1. The Kier molecular flexibility index (Phi) is 7.31. The molecule has 3 rings (SSSR count). The molecule has 6 heteroatoms. The van der Waals surface area contributed by atoms with Gasteiger partial charge in [0, 0.05) is 12.1 Å². The third-order valence-electron chi connectivity index (χ3n) is 4.60. The maximum absolute atomic E-state index is 12.3. The van der Waals surface area contributed by atoms with E-state index < -0.39 is 0 Å². The van der Waals surface area contributed by atoms with Crippen LogP contribution >= 0.6 is 11.6 Å². The average Bonchev–Trinajstić information content (AvgIpc) is 2.73. The smallest absolute Gasteiger partial charge is 0.262 e. The van der Waals surface area contributed by atoms with Crippen molar-refractivity contribution in [2.75, 3.05) is 18.5 Å². The van der Waals surface area contributed by atoms with E-state index in [-0.39, 0.29) is 18.4 Å². The van der Waals surface area contributed by atoms with Gasteiger partial charge in [-0.2, -0.15) is 0 Å². The number of carbonyl (C=O) groups is 2. The van der Waals surface area contributed by atoms with Gasteiger partial charge in [0.1, 0.15) is 5.75 Å². The van der Waals surface area contributed by atoms with Crippen LogP contribution in [0.5, 0.6) is 5.75 Å². The lowest BCUT2D eigenvalue weighted by Crippen LogP contribution is -2.25. The Bertz CT molecular complexity index is 1050. The highest BCUT2D eigenvalue weighted by Crippen LogP contribution is 2.24. The lowest BCUT2D eigenvalue weighted by Gasteiger charge is -2.12. The van der Waals surface area contributed by atoms with Gasteiger partial charge in [0.25, 0.3) is 11.8 Å². The van der Waals surface area contributed by atoms with E-state index in [1.165, 1.54) is 0 Å². The Hall–Kier alpha value is -3.05. The molecule has 0 heterocycles. The number of hydrogen-bond acceptors (Lipinski definition) is 3. The molecule has 0 aliphatic heterocycles. The van der Waals surface area contributed by atoms with Gasteiger partial charge in [0.05, 0.1) is 10.7 Å². The molecule has 0 aromatic heterocycles. The van der Waals surface area contributed by atoms with Crippen LogP contribution in [-0.4, -0.2) is 25.0 Å². The molecule has 0 saturated carbocycles. The van der Waals surface area contributed by atoms with E-state index >= 15 is 0 Å². The van der Waals surface area contributed by atoms with E-state index in [9.17, 15) is 9.59 Å². The normalized spacial score (nSPS) is 10.8. The fourth-order valence-electron chi connectivity index (χ4n) is 2.93. The molecule has 156 valence electrons. The van der Waals surface area contributed by atoms with Crippen molar-refractivity contribution in [1.82, 2.24) is 5.32 Å². The Morgan fingerprint density at radius 1 is 1.00 bits per heavy atom. The Morgan fingerprint density at radius 2 is 1.77 bits per heavy atom. The summed E-state index contributed by atoms with van der Waals surface area (Å²) < 4.78 is 5.61. The molecule has 30 heavy (non-hydrogen) atoms. The van der Waals surface area contributed by atoms with E-state index in [1.54, 1.807) is 18.2 Å². The molecule has 0 bridgehead atoms. The number of halogens is 1. The molecule has 0 fully saturated rings. The van der Waals surface area contributed by atoms with Gasteiger partial charge in [0.15, 0.2) is 6.61 Å². The van der Waals surface area contributed by atoms with Crippen molar-refractivity contribution in [1.29, 1.82) is 0 Å². The summed E-state index contributed by atoms with van der Waals surface area (Å²) in [5.74, 6) is 0.554. The number of carbonyl (C=O) groups excluding carboxylic acids is 2. The molecular formula is C24H25ClN2O3. The standard InChI is InChI=1S/C24H25ClN2O3/c1-16(2)11-12-26-24(29)19-8-10-21(25)22(14-19)27-23(28)15-30-20-9-7-17-5-3-4-6-18(17)13-20/h3-10,13-14,16H,11-12,15H2,1-2H3,(H,26,29)(H,27,28). The summed E-state index contributed by atoms with van der Waals surface area (Å²) >= 11 is 6.19. The predicted molar refractivity (Wildman–Crippen MR) is 121 cm³/mol. The predicted octanol–water partition coefficient (Wildman–Crippen LogP) is 5.29. The van der Waals surface area contributed by atoms with Gasteiger partial charge in [-0.25, -0.2) is 0 Å². The Balaban J connectivity index is 1.59. The second-order valence-corrected chi connectivity index (χ2v) is 7.89. The molecule has 0 spiro atoms. The highest BCUT2D eigenvalue weighted by Gasteiger charge is 2.12. The fourth-order valence-corrected chi connectivity index (χ4v) is 3.10. The van der Waals surface area contributed by atoms with Crippen molar-refractivity contribution in [3.05, 3.63) is 71.2 Å². The number of ether oxygens (including phenoxy) is 1. The monoisotopic (exact) mass is 424 g/mol. The first-order valence-electron chi connectivity index (χ1n) is 9.91. The fraction of sp³-hybridized carbons (Fsp3) is 0.250. The van der Waals surface area contributed by atoms with E-state index in [4.69, 9.17) is 16.3 Å². The maximum Gasteiger partial charge on any atom is 0.262 e. The zero-order valence-corrected chi connectivity index (χ0v) is 17.8. The van der Waals surface area contributed by atoms with Crippen LogP contribution in [0.3, 0.4) is 0 Å². The minimum absolute atomic E-state index is 0.167. The minimum Gasteiger partial charge on any atom is -0.484 e. The summed E-state index contributed by atoms with van der Waals surface area (Å²) in [4.78, 5) is 24.6. The van der Waals surface area contributed by atoms with Crippen LogP contribution in [0.1, 0.15) is 30.6 Å². The van der Waals surface area contributed by atoms with Crippen molar-refractivity contribution >= 4 is 39.9 Å². The number of hydrogen-bond donors (Lipinski definition) is 2. The van der Waals surface area contributed by atoms with Gasteiger partial charge in [-0.3, -0.25) is 9.59 Å². The van der Waals surface area contributed by atoms with Crippen LogP contribution in [0.25, 0.3) is 10.8 Å². The van der Waals surface area contributed by atoms with Crippen LogP contribution in [-0.2, 0) is 4.79 Å². The number of amides is 2. The molecule has 0 radical (unpaired) electrons. The highest BCUT2D eigenvalue weighted by atomic mass is 35.5. The first kappa shape index (κ1) is 21.7. The SMILES string of the molecule is CC(C)CCNC(=O)c1ccc(Cl)c(NC(=O)COc2ccc3ccccc3c2)c1. The number of rotatable bonds is 8. The Morgan fingerprint density at radius 3 is 2.53 bits per heavy atom. The first-order valence-corrected chi connectivity index (χ1v) is 10.3. The first-order chi connectivity index (χ1) is 14.4. The van der Waals surface area contributed by atoms with Gasteiger partial charge < -0.3 is 15.4 Å². The molecule has 0 saturated heterocycles. The van der Waals surface area contributed by atoms with Crippen LogP contribution in [0.15, 0.2) is 60.7 Å². The largest absolute Gasteiger partial charge is 0.484 e. The van der Waals surface area contributed by atoms with Crippen LogP contribution < -0.4 is 15.4 Å². The molecule has 0 aliphatic carbocycles. The number of nitrogens with one attached hydrogen (secondary N) is 2. The Labute approximate surface area is 181 Å². The molecule has 2 amide bonds. The molecule has 5 nitrogen and oxygen atoms in total. The average molecular weight is 425 g/mol. The molecule has 2 N–H and O–H groups in total. The van der Waals surface area contributed by atoms with Crippen molar-refractivity contribution in [2.45, 2.75) is 20.3 Å². The summed E-state index contributed by atoms with van der Waals surface area (Å²) in [7, 11) is 0. The number of fused-ring (bicyclic) bond motifs is 1. The zero-order chi connectivity index (χ0) is 21.5. The van der Waals surface area contributed by atoms with Crippen molar-refractivity contribution < 1.29 is 14.3 Å². The van der Waals surface area contributed by atoms with Crippen LogP contribution in [0.4, 0.5) is 5.69 Å². The quantitative estimate of drug-likeness (QED) is 0.516. The molecular weight excluding hydrogens is 400 g/mol. The van der Waals surface area contributed by atoms with Crippen molar-refractivity contribution in [2.24, 2.45) is 5.92 Å². The molecule has 3 aromatic rings. The lowest BCUT2D eigenvalue weighted by molar-refractivity contribution is -0.118. The summed E-state index contributed by atoms with van der Waals surface area (Å²) in [6.45, 7) is 4.63. The van der Waals surface area contributed by atoms with Gasteiger partial charge in [-0.05, 0) is 53.4 Å².